The quantitative estimate of drug-likeness (QED) is 0.144. The number of nitrogens with two attached hydrogens (primary N) is 4. The molecule has 0 aliphatic carbocycles. The second kappa shape index (κ2) is 3.03. The van der Waals surface area contributed by atoms with Crippen LogP contribution >= 0.6 is 0 Å². The van der Waals surface area contributed by atoms with E-state index in [2.05, 4.69) is 4.84 Å². The molecule has 7 nitrogen and oxygen atoms in total. The van der Waals surface area contributed by atoms with E-state index in [-0.39, 0.29) is 11.4 Å². The first-order valence-electron chi connectivity index (χ1n) is 2.27. The Morgan fingerprint density at radius 3 is 2.00 bits per heavy atom. The molecule has 0 rings (SSSR count). The summed E-state index contributed by atoms with van der Waals surface area (Å²) in [5, 5.41) is 0.552. The molecule has 0 aromatic heterocycles. The molecular formula is C2H13N6O+. The second-order valence-corrected chi connectivity index (χ2v) is 1.96. The predicted molar refractivity (Wildman–Crippen MR) is 30.7 cm³/mol. The molecule has 0 atom stereocenters. The minimum atomic E-state index is -0.328. The van der Waals surface area contributed by atoms with E-state index in [1.54, 1.807) is 0 Å². The van der Waals surface area contributed by atoms with Gasteiger partial charge in [0, 0.05) is 0 Å². The van der Waals surface area contributed by atoms with E-state index >= 15 is 0 Å². The number of hydrogen-bond acceptors (Lipinski definition) is 6. The van der Waals surface area contributed by atoms with Gasteiger partial charge in [-0.3, -0.25) is 0 Å². The van der Waals surface area contributed by atoms with Crippen molar-refractivity contribution in [3.63, 3.8) is 0 Å². The van der Waals surface area contributed by atoms with Gasteiger partial charge in [-0.25, -0.2) is 16.5 Å². The molecule has 56 valence electrons. The zero-order chi connectivity index (χ0) is 7.49. The van der Waals surface area contributed by atoms with E-state index in [1.807, 2.05) is 0 Å². The highest BCUT2D eigenvalue weighted by Crippen LogP contribution is 1.79. The van der Waals surface area contributed by atoms with E-state index in [9.17, 15) is 0 Å². The maximum absolute atomic E-state index is 5.24. The summed E-state index contributed by atoms with van der Waals surface area (Å²) in [7, 11) is 1.53. The van der Waals surface area contributed by atoms with Crippen molar-refractivity contribution in [1.29, 1.82) is 0 Å². The van der Waals surface area contributed by atoms with Gasteiger partial charge in [-0.1, -0.05) is 5.28 Å². The number of nitrogens with zero attached hydrogens (tertiary/aromatic N) is 2. The predicted octanol–water partition coefficient (Wildman–Crippen LogP) is -2.88. The van der Waals surface area contributed by atoms with Crippen molar-refractivity contribution in [3.8, 4) is 0 Å². The summed E-state index contributed by atoms with van der Waals surface area (Å²) in [6, 6.07) is 0. The summed E-state index contributed by atoms with van der Waals surface area (Å²) in [6.45, 7) is 0.0208. The molecular weight excluding hydrogens is 124 g/mol. The molecule has 7 heteroatoms. The fourth-order valence-electron chi connectivity index (χ4n) is 0.191. The van der Waals surface area contributed by atoms with E-state index in [0.29, 0.717) is 5.28 Å². The van der Waals surface area contributed by atoms with Crippen LogP contribution in [0.4, 0.5) is 0 Å². The van der Waals surface area contributed by atoms with Gasteiger partial charge in [0.15, 0.2) is 0 Å². The highest BCUT2D eigenvalue weighted by atomic mass is 16.7. The highest BCUT2D eigenvalue weighted by molar-refractivity contribution is 3.94. The molecule has 0 aromatic rings. The molecule has 0 aliphatic rings. The fourth-order valence-corrected chi connectivity index (χ4v) is 0.191. The van der Waals surface area contributed by atoms with Crippen LogP contribution in [0.1, 0.15) is 0 Å². The topological polar surface area (TPSA) is 117 Å². The molecule has 9 heavy (non-hydrogen) atoms. The van der Waals surface area contributed by atoms with Gasteiger partial charge in [0.25, 0.3) is 0 Å². The van der Waals surface area contributed by atoms with Crippen molar-refractivity contribution < 1.29 is 9.54 Å². The lowest BCUT2D eigenvalue weighted by molar-refractivity contribution is -0.955. The highest BCUT2D eigenvalue weighted by Gasteiger charge is 2.09. The molecule has 0 fully saturated rings. The smallest absolute Gasteiger partial charge is 0.230 e. The van der Waals surface area contributed by atoms with Crippen molar-refractivity contribution >= 4 is 0 Å². The molecule has 8 N–H and O–H groups in total. The monoisotopic (exact) mass is 137 g/mol. The van der Waals surface area contributed by atoms with Crippen molar-refractivity contribution in [2.24, 2.45) is 23.4 Å². The van der Waals surface area contributed by atoms with Crippen LogP contribution < -0.4 is 23.4 Å². The SMILES string of the molecule is C[N+](N)(N)CON(N)N. The summed E-state index contributed by atoms with van der Waals surface area (Å²) >= 11 is 0. The Labute approximate surface area is 53.1 Å². The first kappa shape index (κ1) is 8.72. The number of hydrazine groups is 2. The van der Waals surface area contributed by atoms with Crippen LogP contribution in [-0.4, -0.2) is 23.8 Å². The Balaban J connectivity index is 3.28. The Morgan fingerprint density at radius 2 is 1.89 bits per heavy atom. The normalized spacial score (nSPS) is 12.7. The summed E-state index contributed by atoms with van der Waals surface area (Å²) < 4.78 is -0.328. The molecule has 0 saturated carbocycles. The molecule has 0 aromatic carbocycles. The van der Waals surface area contributed by atoms with E-state index in [1.165, 1.54) is 7.05 Å². The Kier molecular flexibility index (Phi) is 2.94. The molecule has 0 radical (unpaired) electrons. The fraction of sp³-hybridized carbons (Fsp3) is 1.00. The lowest BCUT2D eigenvalue weighted by Gasteiger charge is -2.21. The van der Waals surface area contributed by atoms with Crippen molar-refractivity contribution in [3.05, 3.63) is 0 Å². The minimum absolute atomic E-state index is 0.0208. The Bertz CT molecular complexity index is 75.6. The van der Waals surface area contributed by atoms with Crippen LogP contribution in [0, 0.1) is 0 Å². The van der Waals surface area contributed by atoms with Gasteiger partial charge < -0.3 is 0 Å². The zero-order valence-corrected chi connectivity index (χ0v) is 5.32. The molecule has 0 unspecified atom stereocenters. The van der Waals surface area contributed by atoms with Crippen molar-refractivity contribution in [2.75, 3.05) is 13.8 Å². The van der Waals surface area contributed by atoms with Crippen LogP contribution in [0.2, 0.25) is 0 Å². The van der Waals surface area contributed by atoms with E-state index in [4.69, 9.17) is 23.4 Å². The lowest BCUT2D eigenvalue weighted by atomic mass is 11.0. The lowest BCUT2D eigenvalue weighted by Crippen LogP contribution is -2.60. The molecule has 0 amide bonds. The van der Waals surface area contributed by atoms with Crippen molar-refractivity contribution in [1.82, 2.24) is 5.28 Å². The second-order valence-electron chi connectivity index (χ2n) is 1.96. The first-order valence-corrected chi connectivity index (χ1v) is 2.27. The average molecular weight is 137 g/mol. The Hall–Kier alpha value is -0.280. The zero-order valence-electron chi connectivity index (χ0n) is 5.32. The summed E-state index contributed by atoms with van der Waals surface area (Å²) in [4.78, 5) is 4.52. The van der Waals surface area contributed by atoms with Gasteiger partial charge in [0.05, 0.1) is 0 Å². The van der Waals surface area contributed by atoms with Gasteiger partial charge >= 0.3 is 0 Å². The van der Waals surface area contributed by atoms with Gasteiger partial charge in [-0.15, -0.1) is 0 Å². The molecule has 0 aliphatic heterocycles. The largest absolute Gasteiger partial charge is 0.239 e. The molecule has 0 bridgehead atoms. The van der Waals surface area contributed by atoms with Crippen LogP contribution in [-0.2, 0) is 4.84 Å². The number of rotatable bonds is 3. The van der Waals surface area contributed by atoms with Gasteiger partial charge in [-0.05, 0) is 0 Å². The van der Waals surface area contributed by atoms with Crippen LogP contribution in [0.3, 0.4) is 0 Å². The Morgan fingerprint density at radius 1 is 1.44 bits per heavy atom. The minimum Gasteiger partial charge on any atom is -0.230 e. The summed E-state index contributed by atoms with van der Waals surface area (Å²) in [5.41, 5.74) is 0. The first-order chi connectivity index (χ1) is 3.92. The van der Waals surface area contributed by atoms with E-state index in [0.717, 1.165) is 0 Å². The third-order valence-electron chi connectivity index (χ3n) is 0.485. The molecule has 0 saturated heterocycles. The van der Waals surface area contributed by atoms with Crippen LogP contribution in [0.5, 0.6) is 0 Å². The maximum Gasteiger partial charge on any atom is 0.239 e. The third-order valence-corrected chi connectivity index (χ3v) is 0.485. The van der Waals surface area contributed by atoms with Gasteiger partial charge in [0.2, 0.25) is 6.73 Å². The average Bonchev–Trinajstić information content (AvgIpc) is 1.59. The molecule has 0 spiro atoms. The standard InChI is InChI=1S/C2H13N6O/c1-8(5,6)2-9-7(3)4/h2-6H2,1H3/q+1. The summed E-state index contributed by atoms with van der Waals surface area (Å²) in [5.74, 6) is 20.2. The van der Waals surface area contributed by atoms with E-state index < -0.39 is 0 Å². The van der Waals surface area contributed by atoms with Crippen LogP contribution in [0.15, 0.2) is 0 Å². The molecule has 0 heterocycles. The van der Waals surface area contributed by atoms with Gasteiger partial charge in [0.1, 0.15) is 7.05 Å². The van der Waals surface area contributed by atoms with Crippen LogP contribution in [0.25, 0.3) is 0 Å². The third kappa shape index (κ3) is 7.72. The maximum atomic E-state index is 5.24. The van der Waals surface area contributed by atoms with Gasteiger partial charge in [-0.2, -0.15) is 16.4 Å². The van der Waals surface area contributed by atoms with Crippen molar-refractivity contribution in [2.45, 2.75) is 0 Å². The number of quaternary nitrogens is 1. The summed E-state index contributed by atoms with van der Waals surface area (Å²) in [6.07, 6.45) is 0. The number of hydrogen-bond donors (Lipinski definition) is 4.